The van der Waals surface area contributed by atoms with Gasteiger partial charge in [-0.1, -0.05) is 23.2 Å². The number of amides is 3. The number of nitrogens with one attached hydrogen (secondary N) is 2. The van der Waals surface area contributed by atoms with Crippen molar-refractivity contribution in [2.75, 3.05) is 25.0 Å². The lowest BCUT2D eigenvalue weighted by molar-refractivity contribution is 0.0919. The number of hydrogen-bond donors (Lipinski definition) is 2. The van der Waals surface area contributed by atoms with Crippen LogP contribution >= 0.6 is 46.1 Å². The van der Waals surface area contributed by atoms with E-state index in [0.717, 1.165) is 48.6 Å². The van der Waals surface area contributed by atoms with E-state index in [1.807, 2.05) is 23.3 Å². The lowest BCUT2D eigenvalue weighted by Crippen LogP contribution is -2.50. The average Bonchev–Trinajstić information content (AvgIpc) is 3.53. The van der Waals surface area contributed by atoms with E-state index in [-0.39, 0.29) is 34.3 Å². The summed E-state index contributed by atoms with van der Waals surface area (Å²) in [5, 5.41) is 11.3. The highest BCUT2D eigenvalue weighted by molar-refractivity contribution is 7.10. The molecule has 0 unspecified atom stereocenters. The first-order chi connectivity index (χ1) is 18.2. The molecule has 204 valence electrons. The fourth-order valence-corrected chi connectivity index (χ4v) is 6.65. The standard InChI is InChI=1S/C26H32Cl2N6O2S2/c1-16-12-21(27)30-24(28)23(16)25(35)29-8-4-18(3)33-9-5-20(6-10-33)34(14-19-7-11-37-15-19)26(36)31-22-13-17(2)32-38-22/h7,11-13,15,18,20H,4-6,8-10,14H2,1-3H3,(H,29,35)(H,31,36)/t18-/m1/s1. The summed E-state index contributed by atoms with van der Waals surface area (Å²) in [4.78, 5) is 34.3. The molecule has 3 aromatic rings. The van der Waals surface area contributed by atoms with Crippen LogP contribution in [-0.4, -0.2) is 62.8 Å². The number of aromatic nitrogens is 2. The monoisotopic (exact) mass is 594 g/mol. The molecule has 0 radical (unpaired) electrons. The van der Waals surface area contributed by atoms with Crippen LogP contribution in [0.25, 0.3) is 0 Å². The minimum Gasteiger partial charge on any atom is -0.352 e. The Hall–Kier alpha value is -2.24. The molecule has 1 atom stereocenters. The fourth-order valence-electron chi connectivity index (χ4n) is 4.72. The molecule has 8 nitrogen and oxygen atoms in total. The first-order valence-electron chi connectivity index (χ1n) is 12.6. The summed E-state index contributed by atoms with van der Waals surface area (Å²) in [5.74, 6) is -0.242. The Morgan fingerprint density at radius 2 is 2.00 bits per heavy atom. The van der Waals surface area contributed by atoms with E-state index in [9.17, 15) is 9.59 Å². The van der Waals surface area contributed by atoms with E-state index in [1.54, 1.807) is 24.3 Å². The Morgan fingerprint density at radius 1 is 1.24 bits per heavy atom. The maximum Gasteiger partial charge on any atom is 0.323 e. The SMILES string of the molecule is Cc1cc(NC(=O)N(Cc2ccsc2)C2CCN([C@H](C)CCNC(=O)c3c(C)cc(Cl)nc3Cl)CC2)sn1. The number of anilines is 1. The molecule has 12 heteroatoms. The van der Waals surface area contributed by atoms with Gasteiger partial charge in [0.1, 0.15) is 15.3 Å². The quantitative estimate of drug-likeness (QED) is 0.286. The van der Waals surface area contributed by atoms with Crippen molar-refractivity contribution in [2.45, 2.75) is 58.7 Å². The number of rotatable bonds is 9. The van der Waals surface area contributed by atoms with Gasteiger partial charge in [0.25, 0.3) is 5.91 Å². The Bertz CT molecular complexity index is 1220. The van der Waals surface area contributed by atoms with Gasteiger partial charge in [-0.05, 0) is 91.7 Å². The lowest BCUT2D eigenvalue weighted by Gasteiger charge is -2.40. The highest BCUT2D eigenvalue weighted by Crippen LogP contribution is 2.25. The Morgan fingerprint density at radius 3 is 2.63 bits per heavy atom. The molecule has 1 aliphatic heterocycles. The largest absolute Gasteiger partial charge is 0.352 e. The second-order valence-electron chi connectivity index (χ2n) is 9.61. The Kier molecular flexibility index (Phi) is 10.00. The number of halogens is 2. The number of aryl methyl sites for hydroxylation is 2. The minimum absolute atomic E-state index is 0.0836. The topological polar surface area (TPSA) is 90.5 Å². The summed E-state index contributed by atoms with van der Waals surface area (Å²) < 4.78 is 4.27. The number of carbonyl (C=O) groups excluding carboxylic acids is 2. The van der Waals surface area contributed by atoms with Gasteiger partial charge in [-0.15, -0.1) is 0 Å². The fraction of sp³-hybridized carbons (Fsp3) is 0.462. The number of likely N-dealkylation sites (tertiary alicyclic amines) is 1. The molecule has 2 N–H and O–H groups in total. The van der Waals surface area contributed by atoms with Crippen LogP contribution < -0.4 is 10.6 Å². The third-order valence-electron chi connectivity index (χ3n) is 6.83. The Labute approximate surface area is 241 Å². The number of pyridine rings is 1. The van der Waals surface area contributed by atoms with Crippen molar-refractivity contribution in [3.05, 3.63) is 61.6 Å². The normalized spacial score (nSPS) is 15.3. The first kappa shape index (κ1) is 28.8. The number of carbonyl (C=O) groups is 2. The van der Waals surface area contributed by atoms with Gasteiger partial charge in [-0.3, -0.25) is 10.1 Å². The van der Waals surface area contributed by atoms with Gasteiger partial charge < -0.3 is 15.1 Å². The van der Waals surface area contributed by atoms with Crippen molar-refractivity contribution in [3.8, 4) is 0 Å². The predicted octanol–water partition coefficient (Wildman–Crippen LogP) is 6.23. The number of nitrogens with zero attached hydrogens (tertiary/aromatic N) is 4. The minimum atomic E-state index is -0.242. The molecule has 3 aromatic heterocycles. The van der Waals surface area contributed by atoms with Gasteiger partial charge in [-0.25, -0.2) is 9.78 Å². The number of hydrogen-bond acceptors (Lipinski definition) is 7. The highest BCUT2D eigenvalue weighted by Gasteiger charge is 2.30. The molecule has 0 bridgehead atoms. The van der Waals surface area contributed by atoms with Gasteiger partial charge in [0.15, 0.2) is 0 Å². The molecular weight excluding hydrogens is 563 g/mol. The van der Waals surface area contributed by atoms with E-state index in [1.165, 1.54) is 11.5 Å². The molecule has 4 heterocycles. The molecule has 0 spiro atoms. The summed E-state index contributed by atoms with van der Waals surface area (Å²) in [5.41, 5.74) is 3.10. The van der Waals surface area contributed by atoms with Crippen molar-refractivity contribution in [2.24, 2.45) is 0 Å². The summed E-state index contributed by atoms with van der Waals surface area (Å²) in [7, 11) is 0. The van der Waals surface area contributed by atoms with Gasteiger partial charge >= 0.3 is 6.03 Å². The van der Waals surface area contributed by atoms with Crippen molar-refractivity contribution >= 4 is 63.0 Å². The molecule has 4 rings (SSSR count). The zero-order valence-electron chi connectivity index (χ0n) is 21.7. The van der Waals surface area contributed by atoms with Crippen molar-refractivity contribution < 1.29 is 9.59 Å². The van der Waals surface area contributed by atoms with Crippen LogP contribution in [-0.2, 0) is 6.54 Å². The number of piperidine rings is 1. The van der Waals surface area contributed by atoms with Crippen molar-refractivity contribution in [3.63, 3.8) is 0 Å². The van der Waals surface area contributed by atoms with Crippen LogP contribution in [0, 0.1) is 13.8 Å². The number of urea groups is 1. The first-order valence-corrected chi connectivity index (χ1v) is 15.1. The second kappa shape index (κ2) is 13.2. The molecule has 0 aliphatic carbocycles. The number of thiophene rings is 1. The van der Waals surface area contributed by atoms with E-state index < -0.39 is 0 Å². The summed E-state index contributed by atoms with van der Waals surface area (Å²) >= 11 is 15.0. The molecule has 1 saturated heterocycles. The molecule has 1 aliphatic rings. The third-order valence-corrected chi connectivity index (χ3v) is 8.83. The van der Waals surface area contributed by atoms with E-state index in [4.69, 9.17) is 23.2 Å². The van der Waals surface area contributed by atoms with Crippen LogP contribution in [0.15, 0.2) is 29.0 Å². The Balaban J connectivity index is 1.29. The van der Waals surface area contributed by atoms with Crippen molar-refractivity contribution in [1.82, 2.24) is 24.5 Å². The zero-order chi connectivity index (χ0) is 27.2. The van der Waals surface area contributed by atoms with Gasteiger partial charge in [0.2, 0.25) is 0 Å². The van der Waals surface area contributed by atoms with Crippen LogP contribution in [0.5, 0.6) is 0 Å². The van der Waals surface area contributed by atoms with Crippen molar-refractivity contribution in [1.29, 1.82) is 0 Å². The average molecular weight is 596 g/mol. The maximum atomic E-state index is 13.3. The molecule has 38 heavy (non-hydrogen) atoms. The summed E-state index contributed by atoms with van der Waals surface area (Å²) in [6, 6.07) is 5.95. The van der Waals surface area contributed by atoms with E-state index >= 15 is 0 Å². The molecule has 1 fully saturated rings. The molecule has 0 saturated carbocycles. The van der Waals surface area contributed by atoms with E-state index in [0.29, 0.717) is 24.2 Å². The summed E-state index contributed by atoms with van der Waals surface area (Å²) in [6.45, 7) is 8.78. The van der Waals surface area contributed by atoms with Gasteiger partial charge in [0.05, 0.1) is 11.3 Å². The lowest BCUT2D eigenvalue weighted by atomic mass is 10.0. The summed E-state index contributed by atoms with van der Waals surface area (Å²) in [6.07, 6.45) is 2.58. The van der Waals surface area contributed by atoms with Crippen LogP contribution in [0.4, 0.5) is 9.80 Å². The van der Waals surface area contributed by atoms with Crippen LogP contribution in [0.1, 0.15) is 53.4 Å². The van der Waals surface area contributed by atoms with Crippen LogP contribution in [0.2, 0.25) is 10.3 Å². The second-order valence-corrected chi connectivity index (χ2v) is 11.9. The van der Waals surface area contributed by atoms with Gasteiger partial charge in [-0.2, -0.15) is 15.7 Å². The van der Waals surface area contributed by atoms with Gasteiger partial charge in [0, 0.05) is 38.3 Å². The van der Waals surface area contributed by atoms with E-state index in [2.05, 4.69) is 43.3 Å². The predicted molar refractivity (Wildman–Crippen MR) is 156 cm³/mol. The highest BCUT2D eigenvalue weighted by atomic mass is 35.5. The molecular formula is C26H32Cl2N6O2S2. The smallest absolute Gasteiger partial charge is 0.323 e. The zero-order valence-corrected chi connectivity index (χ0v) is 24.8. The maximum absolute atomic E-state index is 13.3. The molecule has 0 aromatic carbocycles. The molecule has 3 amide bonds. The van der Waals surface area contributed by atoms with Crippen LogP contribution in [0.3, 0.4) is 0 Å². The third kappa shape index (κ3) is 7.45.